The first-order chi connectivity index (χ1) is 12.3. The van der Waals surface area contributed by atoms with Crippen LogP contribution in [-0.4, -0.2) is 16.1 Å². The fourth-order valence-corrected chi connectivity index (χ4v) is 3.31. The molecule has 25 heavy (non-hydrogen) atoms. The van der Waals surface area contributed by atoms with Crippen LogP contribution in [0.25, 0.3) is 27.5 Å². The normalized spacial score (nSPS) is 11.6. The molecule has 2 aromatic heterocycles. The van der Waals surface area contributed by atoms with Crippen LogP contribution in [0.15, 0.2) is 73.1 Å². The van der Waals surface area contributed by atoms with E-state index in [1.54, 1.807) is 0 Å². The number of rotatable bonds is 4. The number of nitrogens with one attached hydrogen (secondary N) is 1. The summed E-state index contributed by atoms with van der Waals surface area (Å²) in [5.74, 6) is 0. The van der Waals surface area contributed by atoms with Crippen molar-refractivity contribution < 1.29 is 0 Å². The van der Waals surface area contributed by atoms with Gasteiger partial charge in [-0.1, -0.05) is 29.8 Å². The van der Waals surface area contributed by atoms with Gasteiger partial charge in [0.25, 0.3) is 0 Å². The molecule has 4 aromatic rings. The Kier molecular flexibility index (Phi) is 3.98. The lowest BCUT2D eigenvalue weighted by atomic mass is 10.1. The molecule has 1 N–H and O–H groups in total. The number of benzene rings is 2. The molecule has 3 nitrogen and oxygen atoms in total. The number of hydrogen-bond donors (Lipinski definition) is 1. The highest BCUT2D eigenvalue weighted by atomic mass is 15.0. The molecule has 0 fully saturated rings. The molecular weight excluding hydrogens is 306 g/mol. The van der Waals surface area contributed by atoms with Crippen LogP contribution in [0, 0.1) is 6.92 Å². The molecule has 0 radical (unpaired) electrons. The van der Waals surface area contributed by atoms with Crippen molar-refractivity contribution >= 4 is 27.5 Å². The largest absolute Gasteiger partial charge is 0.382 e. The summed E-state index contributed by atoms with van der Waals surface area (Å²) in [5, 5.41) is 5.87. The topological polar surface area (TPSA) is 29.9 Å². The lowest BCUT2D eigenvalue weighted by Crippen LogP contribution is -2.00. The smallest absolute Gasteiger partial charge is 0.0571 e. The average Bonchev–Trinajstić information content (AvgIpc) is 2.96. The van der Waals surface area contributed by atoms with E-state index < -0.39 is 0 Å². The molecule has 124 valence electrons. The molecule has 0 unspecified atom stereocenters. The molecule has 3 heteroatoms. The Labute approximate surface area is 147 Å². The van der Waals surface area contributed by atoms with Crippen LogP contribution in [0.4, 0.5) is 5.69 Å². The van der Waals surface area contributed by atoms with Crippen molar-refractivity contribution in [2.45, 2.75) is 13.8 Å². The lowest BCUT2D eigenvalue weighted by Gasteiger charge is -2.10. The van der Waals surface area contributed by atoms with Gasteiger partial charge in [0.2, 0.25) is 0 Å². The molecular formula is C22H21N3. The quantitative estimate of drug-likeness (QED) is 0.503. The number of aromatic nitrogens is 2. The summed E-state index contributed by atoms with van der Waals surface area (Å²) in [6.45, 7) is 4.99. The molecule has 2 heterocycles. The predicted octanol–water partition coefficient (Wildman–Crippen LogP) is 5.48. The minimum Gasteiger partial charge on any atom is -0.382 e. The molecule has 0 bridgehead atoms. The van der Waals surface area contributed by atoms with Crippen LogP contribution >= 0.6 is 0 Å². The minimum absolute atomic E-state index is 0.830. The summed E-state index contributed by atoms with van der Waals surface area (Å²) in [7, 11) is 0. The second-order valence-corrected chi connectivity index (χ2v) is 6.25. The van der Waals surface area contributed by atoms with Crippen molar-refractivity contribution in [3.63, 3.8) is 0 Å². The zero-order valence-corrected chi connectivity index (χ0v) is 14.5. The van der Waals surface area contributed by atoms with E-state index in [9.17, 15) is 0 Å². The van der Waals surface area contributed by atoms with Crippen molar-refractivity contribution in [2.75, 3.05) is 11.9 Å². The number of pyridine rings is 1. The second-order valence-electron chi connectivity index (χ2n) is 6.25. The maximum Gasteiger partial charge on any atom is 0.0571 e. The first kappa shape index (κ1) is 15.5. The number of allylic oxidation sites excluding steroid dienone is 1. The van der Waals surface area contributed by atoms with Gasteiger partial charge in [-0.2, -0.15) is 0 Å². The van der Waals surface area contributed by atoms with Gasteiger partial charge in [-0.25, -0.2) is 0 Å². The Morgan fingerprint density at radius 2 is 1.92 bits per heavy atom. The fraction of sp³-hybridized carbons (Fsp3) is 0.136. The summed E-state index contributed by atoms with van der Waals surface area (Å²) in [5.41, 5.74) is 5.92. The van der Waals surface area contributed by atoms with Crippen molar-refractivity contribution in [3.8, 4) is 5.69 Å². The highest BCUT2D eigenvalue weighted by molar-refractivity contribution is 6.09. The number of hydrogen-bond acceptors (Lipinski definition) is 2. The van der Waals surface area contributed by atoms with E-state index in [1.165, 1.54) is 27.4 Å². The average molecular weight is 327 g/mol. The molecule has 4 rings (SSSR count). The monoisotopic (exact) mass is 327 g/mol. The van der Waals surface area contributed by atoms with Crippen LogP contribution < -0.4 is 5.32 Å². The SMILES string of the molecule is C/C=C\CNc1cccc(-n2c3ccncc3c3cc(C)ccc32)c1. The molecule has 0 aliphatic rings. The van der Waals surface area contributed by atoms with E-state index in [-0.39, 0.29) is 0 Å². The Balaban J connectivity index is 1.92. The van der Waals surface area contributed by atoms with Gasteiger partial charge in [-0.05, 0) is 50.2 Å². The van der Waals surface area contributed by atoms with Crippen LogP contribution in [0.3, 0.4) is 0 Å². The molecule has 0 aliphatic carbocycles. The van der Waals surface area contributed by atoms with E-state index in [0.717, 1.165) is 17.9 Å². The molecule has 2 aromatic carbocycles. The third-order valence-electron chi connectivity index (χ3n) is 4.49. The first-order valence-corrected chi connectivity index (χ1v) is 8.58. The molecule has 0 aliphatic heterocycles. The van der Waals surface area contributed by atoms with Crippen molar-refractivity contribution in [1.82, 2.24) is 9.55 Å². The van der Waals surface area contributed by atoms with Gasteiger partial charge < -0.3 is 9.88 Å². The number of anilines is 1. The molecule has 0 atom stereocenters. The standard InChI is InChI=1S/C22H21N3/c1-3-4-11-24-17-6-5-7-18(14-17)25-21-9-8-16(2)13-19(21)20-15-23-12-10-22(20)25/h3-10,12-15,24H,11H2,1-2H3/b4-3-. The Bertz CT molecular complexity index is 1070. The Morgan fingerprint density at radius 1 is 1.04 bits per heavy atom. The summed E-state index contributed by atoms with van der Waals surface area (Å²) < 4.78 is 2.31. The molecule has 0 spiro atoms. The van der Waals surface area contributed by atoms with Crippen molar-refractivity contribution in [1.29, 1.82) is 0 Å². The van der Waals surface area contributed by atoms with Crippen molar-refractivity contribution in [3.05, 3.63) is 78.6 Å². The zero-order chi connectivity index (χ0) is 17.2. The maximum absolute atomic E-state index is 4.33. The first-order valence-electron chi connectivity index (χ1n) is 8.58. The summed E-state index contributed by atoms with van der Waals surface area (Å²) in [6, 6.07) is 17.2. The third kappa shape index (κ3) is 2.78. The van der Waals surface area contributed by atoms with Gasteiger partial charge >= 0.3 is 0 Å². The number of nitrogens with zero attached hydrogens (tertiary/aromatic N) is 2. The van der Waals surface area contributed by atoms with Gasteiger partial charge in [-0.3, -0.25) is 4.98 Å². The summed E-state index contributed by atoms with van der Waals surface area (Å²) in [4.78, 5) is 4.33. The fourth-order valence-electron chi connectivity index (χ4n) is 3.31. The van der Waals surface area contributed by atoms with E-state index in [0.29, 0.717) is 0 Å². The van der Waals surface area contributed by atoms with Crippen LogP contribution in [-0.2, 0) is 0 Å². The Morgan fingerprint density at radius 3 is 2.80 bits per heavy atom. The van der Waals surface area contributed by atoms with Crippen molar-refractivity contribution in [2.24, 2.45) is 0 Å². The second kappa shape index (κ2) is 6.44. The van der Waals surface area contributed by atoms with Crippen LogP contribution in [0.2, 0.25) is 0 Å². The predicted molar refractivity (Wildman–Crippen MR) is 107 cm³/mol. The summed E-state index contributed by atoms with van der Waals surface area (Å²) in [6.07, 6.45) is 7.99. The lowest BCUT2D eigenvalue weighted by molar-refractivity contribution is 1.17. The maximum atomic E-state index is 4.33. The Hall–Kier alpha value is -3.07. The minimum atomic E-state index is 0.830. The molecule has 0 saturated carbocycles. The van der Waals surface area contributed by atoms with Gasteiger partial charge in [-0.15, -0.1) is 0 Å². The van der Waals surface area contributed by atoms with E-state index in [1.807, 2.05) is 19.3 Å². The zero-order valence-electron chi connectivity index (χ0n) is 14.5. The number of fused-ring (bicyclic) bond motifs is 3. The third-order valence-corrected chi connectivity index (χ3v) is 4.49. The molecule has 0 amide bonds. The van der Waals surface area contributed by atoms with Crippen LogP contribution in [0.5, 0.6) is 0 Å². The van der Waals surface area contributed by atoms with E-state index in [4.69, 9.17) is 0 Å². The van der Waals surface area contributed by atoms with Gasteiger partial charge in [0, 0.05) is 41.1 Å². The van der Waals surface area contributed by atoms with Gasteiger partial charge in [0.05, 0.1) is 11.0 Å². The van der Waals surface area contributed by atoms with Crippen LogP contribution in [0.1, 0.15) is 12.5 Å². The van der Waals surface area contributed by atoms with Gasteiger partial charge in [0.15, 0.2) is 0 Å². The summed E-state index contributed by atoms with van der Waals surface area (Å²) >= 11 is 0. The van der Waals surface area contributed by atoms with Gasteiger partial charge in [0.1, 0.15) is 0 Å². The number of aryl methyl sites for hydroxylation is 1. The van der Waals surface area contributed by atoms with E-state index >= 15 is 0 Å². The highest BCUT2D eigenvalue weighted by Gasteiger charge is 2.12. The van der Waals surface area contributed by atoms with E-state index in [2.05, 4.69) is 82.5 Å². The molecule has 0 saturated heterocycles. The highest BCUT2D eigenvalue weighted by Crippen LogP contribution is 2.32.